The Hall–Kier alpha value is -1.31. The third kappa shape index (κ3) is 1.54. The number of carbonyl (C=O) groups is 1. The highest BCUT2D eigenvalue weighted by molar-refractivity contribution is 7.98. The van der Waals surface area contributed by atoms with Crippen LogP contribution >= 0.6 is 23.1 Å². The van der Waals surface area contributed by atoms with E-state index in [1.165, 1.54) is 23.1 Å². The predicted octanol–water partition coefficient (Wildman–Crippen LogP) is 3.31. The number of aldehydes is 1. The average Bonchev–Trinajstić information content (AvgIpc) is 2.75. The van der Waals surface area contributed by atoms with Gasteiger partial charge in [0.05, 0.1) is 5.56 Å². The van der Waals surface area contributed by atoms with Gasteiger partial charge in [0, 0.05) is 20.5 Å². The van der Waals surface area contributed by atoms with Crippen LogP contribution in [0.5, 0.6) is 0 Å². The van der Waals surface area contributed by atoms with Gasteiger partial charge in [-0.05, 0) is 23.8 Å². The Morgan fingerprint density at radius 3 is 3.00 bits per heavy atom. The Labute approximate surface area is 95.5 Å². The van der Waals surface area contributed by atoms with Crippen molar-refractivity contribution in [2.24, 2.45) is 0 Å². The van der Waals surface area contributed by atoms with Crippen molar-refractivity contribution in [3.05, 3.63) is 28.6 Å². The first-order valence-electron chi connectivity index (χ1n) is 4.25. The second-order valence-corrected chi connectivity index (χ2v) is 4.70. The lowest BCUT2D eigenvalue weighted by Crippen LogP contribution is -1.87. The largest absolute Gasteiger partial charge is 0.298 e. The van der Waals surface area contributed by atoms with Crippen LogP contribution in [0.3, 0.4) is 0 Å². The van der Waals surface area contributed by atoms with Crippen molar-refractivity contribution >= 4 is 39.5 Å². The van der Waals surface area contributed by atoms with Gasteiger partial charge in [0.25, 0.3) is 0 Å². The van der Waals surface area contributed by atoms with Crippen LogP contribution in [0.15, 0.2) is 22.4 Å². The van der Waals surface area contributed by atoms with Crippen molar-refractivity contribution in [3.8, 4) is 6.07 Å². The number of hydrogen-bond donors (Lipinski definition) is 0. The molecule has 0 aliphatic carbocycles. The zero-order chi connectivity index (χ0) is 10.8. The third-order valence-corrected chi connectivity index (χ3v) is 3.91. The fourth-order valence-electron chi connectivity index (χ4n) is 1.51. The molecule has 0 spiro atoms. The van der Waals surface area contributed by atoms with E-state index in [4.69, 9.17) is 5.26 Å². The van der Waals surface area contributed by atoms with Crippen molar-refractivity contribution in [2.45, 2.75) is 4.90 Å². The lowest BCUT2D eigenvalue weighted by molar-refractivity contribution is 0.112. The first kappa shape index (κ1) is 10.2. The van der Waals surface area contributed by atoms with E-state index < -0.39 is 0 Å². The van der Waals surface area contributed by atoms with Crippen molar-refractivity contribution in [1.82, 2.24) is 0 Å². The minimum Gasteiger partial charge on any atom is -0.298 e. The van der Waals surface area contributed by atoms with E-state index in [-0.39, 0.29) is 0 Å². The maximum Gasteiger partial charge on any atom is 0.151 e. The highest BCUT2D eigenvalue weighted by atomic mass is 32.2. The minimum absolute atomic E-state index is 0.670. The first-order valence-corrected chi connectivity index (χ1v) is 6.35. The smallest absolute Gasteiger partial charge is 0.151 e. The Morgan fingerprint density at radius 1 is 1.60 bits per heavy atom. The maximum atomic E-state index is 10.9. The molecule has 0 unspecified atom stereocenters. The van der Waals surface area contributed by atoms with Crippen molar-refractivity contribution in [2.75, 3.05) is 6.26 Å². The van der Waals surface area contributed by atoms with Crippen LogP contribution in [0.2, 0.25) is 0 Å². The Bertz CT molecular complexity index is 566. The molecule has 1 aromatic carbocycles. The highest BCUT2D eigenvalue weighted by Crippen LogP contribution is 2.33. The quantitative estimate of drug-likeness (QED) is 0.590. The number of carbonyl (C=O) groups excluding carboxylic acids is 1. The molecule has 0 amide bonds. The minimum atomic E-state index is 0.670. The summed E-state index contributed by atoms with van der Waals surface area (Å²) in [4.78, 5) is 11.8. The normalized spacial score (nSPS) is 10.1. The van der Waals surface area contributed by atoms with E-state index in [9.17, 15) is 4.79 Å². The summed E-state index contributed by atoms with van der Waals surface area (Å²) in [5.41, 5.74) is 1.34. The Balaban J connectivity index is 2.92. The average molecular weight is 233 g/mol. The number of nitriles is 1. The lowest BCUT2D eigenvalue weighted by atomic mass is 10.1. The highest BCUT2D eigenvalue weighted by Gasteiger charge is 2.11. The van der Waals surface area contributed by atoms with Gasteiger partial charge in [-0.2, -0.15) is 5.26 Å². The van der Waals surface area contributed by atoms with Gasteiger partial charge in [-0.15, -0.1) is 23.1 Å². The molecule has 0 fully saturated rings. The van der Waals surface area contributed by atoms with Crippen LogP contribution in [0.1, 0.15) is 15.9 Å². The van der Waals surface area contributed by atoms with Crippen molar-refractivity contribution in [1.29, 1.82) is 5.26 Å². The van der Waals surface area contributed by atoms with E-state index in [1.54, 1.807) is 6.07 Å². The molecular formula is C11H7NOS2. The van der Waals surface area contributed by atoms with Gasteiger partial charge in [0.15, 0.2) is 6.29 Å². The predicted molar refractivity (Wildman–Crippen MR) is 63.7 cm³/mol. The summed E-state index contributed by atoms with van der Waals surface area (Å²) in [7, 11) is 0. The maximum absolute atomic E-state index is 10.9. The van der Waals surface area contributed by atoms with Gasteiger partial charge in [0.1, 0.15) is 6.07 Å². The summed E-state index contributed by atoms with van der Waals surface area (Å²) in [6.45, 7) is 0. The molecule has 15 heavy (non-hydrogen) atoms. The molecule has 0 aliphatic rings. The van der Waals surface area contributed by atoms with Crippen LogP contribution in [-0.2, 0) is 0 Å². The van der Waals surface area contributed by atoms with Gasteiger partial charge >= 0.3 is 0 Å². The first-order chi connectivity index (χ1) is 7.31. The van der Waals surface area contributed by atoms with E-state index in [0.29, 0.717) is 11.1 Å². The van der Waals surface area contributed by atoms with Crippen molar-refractivity contribution < 1.29 is 4.79 Å². The summed E-state index contributed by atoms with van der Waals surface area (Å²) >= 11 is 2.99. The lowest BCUT2D eigenvalue weighted by Gasteiger charge is -2.03. The fraction of sp³-hybridized carbons (Fsp3) is 0.0909. The summed E-state index contributed by atoms with van der Waals surface area (Å²) in [6, 6.07) is 5.88. The molecule has 74 valence electrons. The zero-order valence-corrected chi connectivity index (χ0v) is 9.61. The molecule has 0 bridgehead atoms. The SMILES string of the molecule is CSc1cc(C=O)c2sccc2c1C#N. The topological polar surface area (TPSA) is 40.9 Å². The summed E-state index contributed by atoms with van der Waals surface area (Å²) in [6.07, 6.45) is 2.75. The van der Waals surface area contributed by atoms with E-state index in [1.807, 2.05) is 17.7 Å². The number of hydrogen-bond acceptors (Lipinski definition) is 4. The second kappa shape index (κ2) is 4.05. The number of thiophene rings is 1. The van der Waals surface area contributed by atoms with Crippen LogP contribution in [0.25, 0.3) is 10.1 Å². The van der Waals surface area contributed by atoms with Gasteiger partial charge in [-0.1, -0.05) is 0 Å². The third-order valence-electron chi connectivity index (χ3n) is 2.19. The summed E-state index contributed by atoms with van der Waals surface area (Å²) in [5, 5.41) is 11.9. The number of nitrogens with zero attached hydrogens (tertiary/aromatic N) is 1. The molecule has 0 saturated heterocycles. The summed E-state index contributed by atoms with van der Waals surface area (Å²) < 4.78 is 0.902. The zero-order valence-electron chi connectivity index (χ0n) is 7.98. The Morgan fingerprint density at radius 2 is 2.40 bits per heavy atom. The Kier molecular flexibility index (Phi) is 2.76. The second-order valence-electron chi connectivity index (χ2n) is 2.94. The molecule has 2 aromatic rings. The standard InChI is InChI=1S/C11H7NOS2/c1-14-10-4-7(6-13)11-8(2-3-15-11)9(10)5-12/h2-4,6H,1H3. The molecule has 2 nitrogen and oxygen atoms in total. The van der Waals surface area contributed by atoms with E-state index in [0.717, 1.165) is 21.3 Å². The molecule has 0 saturated carbocycles. The molecule has 4 heteroatoms. The number of benzene rings is 1. The molecular weight excluding hydrogens is 226 g/mol. The van der Waals surface area contributed by atoms with Gasteiger partial charge in [0.2, 0.25) is 0 Å². The van der Waals surface area contributed by atoms with E-state index in [2.05, 4.69) is 6.07 Å². The molecule has 0 radical (unpaired) electrons. The number of thioether (sulfide) groups is 1. The van der Waals surface area contributed by atoms with Gasteiger partial charge < -0.3 is 0 Å². The molecule has 1 heterocycles. The number of rotatable bonds is 2. The molecule has 0 N–H and O–H groups in total. The molecule has 0 atom stereocenters. The van der Waals surface area contributed by atoms with Crippen LogP contribution in [0.4, 0.5) is 0 Å². The fourth-order valence-corrected chi connectivity index (χ4v) is 2.99. The van der Waals surface area contributed by atoms with Crippen LogP contribution < -0.4 is 0 Å². The van der Waals surface area contributed by atoms with Crippen molar-refractivity contribution in [3.63, 3.8) is 0 Å². The van der Waals surface area contributed by atoms with Crippen LogP contribution in [0, 0.1) is 11.3 Å². The molecule has 1 aromatic heterocycles. The van der Waals surface area contributed by atoms with E-state index >= 15 is 0 Å². The van der Waals surface area contributed by atoms with Crippen LogP contribution in [-0.4, -0.2) is 12.5 Å². The van der Waals surface area contributed by atoms with Gasteiger partial charge in [-0.3, -0.25) is 4.79 Å². The molecule has 2 rings (SSSR count). The van der Waals surface area contributed by atoms with Gasteiger partial charge in [-0.25, -0.2) is 0 Å². The number of fused-ring (bicyclic) bond motifs is 1. The summed E-state index contributed by atoms with van der Waals surface area (Å²) in [5.74, 6) is 0. The molecule has 0 aliphatic heterocycles. The monoisotopic (exact) mass is 233 g/mol.